The highest BCUT2D eigenvalue weighted by molar-refractivity contribution is 5.83. The van der Waals surface area contributed by atoms with E-state index in [0.717, 1.165) is 90.5 Å². The van der Waals surface area contributed by atoms with E-state index in [1.165, 1.54) is 0 Å². The molecule has 0 spiro atoms. The van der Waals surface area contributed by atoms with Crippen molar-refractivity contribution in [3.63, 3.8) is 0 Å². The molecule has 60 heavy (non-hydrogen) atoms. The van der Waals surface area contributed by atoms with Crippen molar-refractivity contribution in [2.75, 3.05) is 28.4 Å². The normalized spacial score (nSPS) is 11.2. The van der Waals surface area contributed by atoms with Crippen molar-refractivity contribution in [1.29, 1.82) is 0 Å². The van der Waals surface area contributed by atoms with E-state index < -0.39 is 0 Å². The minimum Gasteiger partial charge on any atom is -0.497 e. The number of anilines is 6. The number of hydrogen-bond donors (Lipinski definition) is 0. The van der Waals surface area contributed by atoms with Crippen LogP contribution in [0.5, 0.6) is 23.0 Å². The van der Waals surface area contributed by atoms with Gasteiger partial charge < -0.3 is 18.9 Å². The first-order chi connectivity index (χ1) is 29.5. The predicted octanol–water partition coefficient (Wildman–Crippen LogP) is 14.1. The smallest absolute Gasteiger partial charge is 0.192 e. The summed E-state index contributed by atoms with van der Waals surface area (Å²) in [5.74, 6) is 3.25. The minimum atomic E-state index is 0.813. The van der Waals surface area contributed by atoms with Gasteiger partial charge in [0.05, 0.1) is 28.4 Å². The van der Waals surface area contributed by atoms with Crippen molar-refractivity contribution in [2.45, 2.75) is 0 Å². The van der Waals surface area contributed by atoms with Gasteiger partial charge in [-0.15, -0.1) is 0 Å². The molecule has 8 aromatic rings. The van der Waals surface area contributed by atoms with Gasteiger partial charge >= 0.3 is 0 Å². The van der Waals surface area contributed by atoms with Crippen LogP contribution in [-0.4, -0.2) is 28.4 Å². The minimum absolute atomic E-state index is 0.813. The lowest BCUT2D eigenvalue weighted by Crippen LogP contribution is -2.11. The fourth-order valence-corrected chi connectivity index (χ4v) is 7.33. The van der Waals surface area contributed by atoms with Crippen LogP contribution in [0, 0.1) is 0 Å². The molecule has 0 N–H and O–H groups in total. The van der Waals surface area contributed by atoms with E-state index in [9.17, 15) is 0 Å². The van der Waals surface area contributed by atoms with Gasteiger partial charge in [-0.2, -0.15) is 0 Å². The van der Waals surface area contributed by atoms with Crippen molar-refractivity contribution < 1.29 is 18.9 Å². The highest BCUT2D eigenvalue weighted by Gasteiger charge is 2.27. The third-order valence-corrected chi connectivity index (χ3v) is 10.5. The topological polar surface area (TPSA) is 48.7 Å². The van der Waals surface area contributed by atoms with Gasteiger partial charge in [0.2, 0.25) is 0 Å². The fraction of sp³-hybridized carbons (Fsp3) is 0.0741. The highest BCUT2D eigenvalue weighted by atomic mass is 16.5. The zero-order valence-corrected chi connectivity index (χ0v) is 34.2. The van der Waals surface area contributed by atoms with Crippen molar-refractivity contribution in [2.24, 2.45) is 0 Å². The third kappa shape index (κ3) is 8.86. The van der Waals surface area contributed by atoms with Crippen molar-refractivity contribution >= 4 is 46.3 Å². The monoisotopic (exact) mass is 786 g/mol. The fourth-order valence-electron chi connectivity index (χ4n) is 7.33. The number of benzene rings is 8. The van der Waals surface area contributed by atoms with Crippen LogP contribution in [0.25, 0.3) is 34.4 Å². The molecule has 0 saturated heterocycles. The Morgan fingerprint density at radius 3 is 1.08 bits per heavy atom. The molecule has 0 bridgehead atoms. The van der Waals surface area contributed by atoms with Gasteiger partial charge in [-0.05, 0) is 112 Å². The lowest BCUT2D eigenvalue weighted by atomic mass is 9.97. The third-order valence-electron chi connectivity index (χ3n) is 10.5. The zero-order valence-electron chi connectivity index (χ0n) is 34.2. The molecule has 0 atom stereocenters. The lowest BCUT2D eigenvalue weighted by Gasteiger charge is -2.13. The summed E-state index contributed by atoms with van der Waals surface area (Å²) >= 11 is 0. The standard InChI is InChI=1S/C54H46N2O4/c1-57-50-30-22-46(23-31-50)55(47-24-32-51(58-2)33-25-47)44-18-14-40(15-19-44)43-10-7-8-39(38-43)12-13-41-9-5-6-11-54(41)42-16-20-45(21-17-42)56(48-26-34-52(59-3)35-27-48)49-28-36-53(60-4)37-29-49/h5-38H,1-4H3/q+2/b13-12+. The summed E-state index contributed by atoms with van der Waals surface area (Å²) in [4.78, 5) is 4.46. The predicted molar refractivity (Wildman–Crippen MR) is 247 cm³/mol. The maximum absolute atomic E-state index is 5.44. The molecular formula is C54H46N2O4+2. The average Bonchev–Trinajstić information content (AvgIpc) is 3.32. The maximum Gasteiger partial charge on any atom is 0.192 e. The zero-order chi connectivity index (χ0) is 41.3. The number of nitrogens with zero attached hydrogens (tertiary/aromatic N) is 2. The van der Waals surface area contributed by atoms with Gasteiger partial charge in [-0.25, -0.2) is 0 Å². The maximum atomic E-state index is 5.44. The van der Waals surface area contributed by atoms with Crippen LogP contribution in [0.4, 0.5) is 34.1 Å². The Bertz CT molecular complexity index is 2560. The molecule has 2 radical (unpaired) electrons. The summed E-state index contributed by atoms with van der Waals surface area (Å²) in [6, 6.07) is 67.1. The largest absolute Gasteiger partial charge is 0.497 e. The lowest BCUT2D eigenvalue weighted by molar-refractivity contribution is 0.414. The molecule has 0 heterocycles. The molecule has 6 heteroatoms. The Balaban J connectivity index is 1.03. The summed E-state index contributed by atoms with van der Waals surface area (Å²) in [6.07, 6.45) is 4.39. The van der Waals surface area contributed by atoms with Crippen LogP contribution < -0.4 is 28.7 Å². The first-order valence-corrected chi connectivity index (χ1v) is 19.8. The Morgan fingerprint density at radius 1 is 0.317 bits per heavy atom. The molecule has 0 aromatic heterocycles. The molecule has 6 nitrogen and oxygen atoms in total. The van der Waals surface area contributed by atoms with E-state index >= 15 is 0 Å². The van der Waals surface area contributed by atoms with E-state index in [2.05, 4.69) is 168 Å². The average molecular weight is 787 g/mol. The van der Waals surface area contributed by atoms with Gasteiger partial charge in [0.15, 0.2) is 34.1 Å². The first kappa shape index (κ1) is 39.4. The molecule has 0 unspecified atom stereocenters. The van der Waals surface area contributed by atoms with Crippen LogP contribution in [0.15, 0.2) is 194 Å². The Morgan fingerprint density at radius 2 is 0.683 bits per heavy atom. The molecular weight excluding hydrogens is 741 g/mol. The van der Waals surface area contributed by atoms with Gasteiger partial charge in [0.1, 0.15) is 23.0 Å². The van der Waals surface area contributed by atoms with E-state index in [1.807, 2.05) is 48.5 Å². The second-order valence-corrected chi connectivity index (χ2v) is 14.1. The Kier molecular flexibility index (Phi) is 12.1. The van der Waals surface area contributed by atoms with Gasteiger partial charge in [0, 0.05) is 72.8 Å². The van der Waals surface area contributed by atoms with Crippen LogP contribution in [-0.2, 0) is 0 Å². The summed E-state index contributed by atoms with van der Waals surface area (Å²) in [6.45, 7) is 0. The van der Waals surface area contributed by atoms with E-state index in [4.69, 9.17) is 18.9 Å². The molecule has 0 aliphatic carbocycles. The summed E-state index contributed by atoms with van der Waals surface area (Å²) in [5, 5.41) is 0. The molecule has 0 aliphatic heterocycles. The number of ether oxygens (including phenoxy) is 4. The number of hydrogen-bond acceptors (Lipinski definition) is 6. The van der Waals surface area contributed by atoms with Crippen LogP contribution >= 0.6 is 0 Å². The van der Waals surface area contributed by atoms with E-state index in [0.29, 0.717) is 0 Å². The van der Waals surface area contributed by atoms with E-state index in [-0.39, 0.29) is 0 Å². The summed E-state index contributed by atoms with van der Waals surface area (Å²) < 4.78 is 21.7. The molecule has 8 rings (SSSR count). The molecule has 0 fully saturated rings. The first-order valence-electron chi connectivity index (χ1n) is 19.8. The molecule has 8 aromatic carbocycles. The van der Waals surface area contributed by atoms with Crippen molar-refractivity contribution in [3.05, 3.63) is 205 Å². The molecule has 0 saturated carbocycles. The Labute approximate surface area is 352 Å². The number of methoxy groups -OCH3 is 4. The van der Waals surface area contributed by atoms with Crippen LogP contribution in [0.1, 0.15) is 11.1 Å². The SMILES string of the molecule is COc1ccc([N+](c2ccc(OC)cc2)c2ccc(-c3cccc(/C=C/c4ccccc4-c4ccc([N+](c5ccc(OC)cc5)c5ccc(OC)cc5)cc4)c3)cc2)cc1. The highest BCUT2D eigenvalue weighted by Crippen LogP contribution is 2.39. The summed E-state index contributed by atoms with van der Waals surface area (Å²) in [7, 11) is 6.73. The van der Waals surface area contributed by atoms with Gasteiger partial charge in [-0.3, -0.25) is 0 Å². The van der Waals surface area contributed by atoms with Gasteiger partial charge in [-0.1, -0.05) is 64.4 Å². The molecule has 294 valence electrons. The van der Waals surface area contributed by atoms with Crippen molar-refractivity contribution in [3.8, 4) is 45.3 Å². The van der Waals surface area contributed by atoms with Crippen LogP contribution in [0.3, 0.4) is 0 Å². The van der Waals surface area contributed by atoms with Crippen molar-refractivity contribution in [1.82, 2.24) is 9.80 Å². The van der Waals surface area contributed by atoms with Gasteiger partial charge in [0.25, 0.3) is 0 Å². The second kappa shape index (κ2) is 18.5. The second-order valence-electron chi connectivity index (χ2n) is 14.1. The number of rotatable bonds is 14. The Hall–Kier alpha value is -7.38. The van der Waals surface area contributed by atoms with Crippen LogP contribution in [0.2, 0.25) is 0 Å². The quantitative estimate of drug-likeness (QED) is 0.0814. The molecule has 0 aliphatic rings. The summed E-state index contributed by atoms with van der Waals surface area (Å²) in [5.41, 5.74) is 13.0. The molecule has 0 amide bonds. The van der Waals surface area contributed by atoms with E-state index in [1.54, 1.807) is 28.4 Å².